The summed E-state index contributed by atoms with van der Waals surface area (Å²) in [7, 11) is 1.52. The van der Waals surface area contributed by atoms with Crippen LogP contribution in [0, 0.1) is 0 Å². The van der Waals surface area contributed by atoms with Gasteiger partial charge in [-0.05, 0) is 42.3 Å². The summed E-state index contributed by atoms with van der Waals surface area (Å²) in [5.74, 6) is -0.659. The van der Waals surface area contributed by atoms with Gasteiger partial charge in [0.15, 0.2) is 0 Å². The highest BCUT2D eigenvalue weighted by atomic mass is 79.9. The van der Waals surface area contributed by atoms with Gasteiger partial charge >= 0.3 is 5.97 Å². The van der Waals surface area contributed by atoms with Crippen molar-refractivity contribution in [3.8, 4) is 5.75 Å². The predicted molar refractivity (Wildman–Crippen MR) is 90.1 cm³/mol. The fraction of sp³-hybridized carbons (Fsp3) is 0.176. The molecule has 120 valence electrons. The number of carboxylic acid groups (broad SMARTS) is 1. The zero-order valence-electron chi connectivity index (χ0n) is 12.5. The van der Waals surface area contributed by atoms with Crippen LogP contribution in [0.25, 0.3) is 0 Å². The van der Waals surface area contributed by atoms with Crippen molar-refractivity contribution in [2.45, 2.75) is 6.42 Å². The van der Waals surface area contributed by atoms with Crippen molar-refractivity contribution in [3.63, 3.8) is 0 Å². The number of benzene rings is 2. The van der Waals surface area contributed by atoms with E-state index in [0.29, 0.717) is 24.3 Å². The van der Waals surface area contributed by atoms with Gasteiger partial charge in [-0.3, -0.25) is 4.79 Å². The van der Waals surface area contributed by atoms with Gasteiger partial charge in [0, 0.05) is 11.0 Å². The number of methoxy groups -OCH3 is 1. The van der Waals surface area contributed by atoms with Gasteiger partial charge in [-0.15, -0.1) is 0 Å². The van der Waals surface area contributed by atoms with E-state index in [2.05, 4.69) is 21.2 Å². The topological polar surface area (TPSA) is 75.6 Å². The number of amides is 1. The number of carbonyl (C=O) groups is 2. The minimum atomic E-state index is -0.952. The Morgan fingerprint density at radius 1 is 1.17 bits per heavy atom. The molecule has 1 amide bonds. The van der Waals surface area contributed by atoms with Crippen molar-refractivity contribution in [2.24, 2.45) is 0 Å². The zero-order chi connectivity index (χ0) is 16.8. The summed E-state index contributed by atoms with van der Waals surface area (Å²) in [6.45, 7) is 0.445. The molecule has 0 radical (unpaired) electrons. The number of rotatable bonds is 6. The molecule has 0 unspecified atom stereocenters. The third-order valence-corrected chi connectivity index (χ3v) is 3.80. The average molecular weight is 378 g/mol. The normalized spacial score (nSPS) is 10.2. The molecule has 0 aliphatic rings. The summed E-state index contributed by atoms with van der Waals surface area (Å²) in [6, 6.07) is 11.8. The number of nitrogens with one attached hydrogen (secondary N) is 1. The molecule has 0 heterocycles. The van der Waals surface area contributed by atoms with Gasteiger partial charge in [-0.2, -0.15) is 0 Å². The third-order valence-electron chi connectivity index (χ3n) is 3.31. The average Bonchev–Trinajstić information content (AvgIpc) is 2.55. The minimum absolute atomic E-state index is 0.217. The van der Waals surface area contributed by atoms with E-state index in [4.69, 9.17) is 9.84 Å². The Bertz CT molecular complexity index is 713. The SMILES string of the molecule is COc1ccc(Br)cc1C(=O)NCCc1ccc(C(=O)O)cc1. The second-order valence-corrected chi connectivity index (χ2v) is 5.77. The Morgan fingerprint density at radius 3 is 2.48 bits per heavy atom. The lowest BCUT2D eigenvalue weighted by Gasteiger charge is -2.10. The Balaban J connectivity index is 1.94. The third kappa shape index (κ3) is 4.56. The smallest absolute Gasteiger partial charge is 0.335 e. The lowest BCUT2D eigenvalue weighted by atomic mass is 10.1. The van der Waals surface area contributed by atoms with E-state index in [-0.39, 0.29) is 11.5 Å². The van der Waals surface area contributed by atoms with Crippen molar-refractivity contribution in [2.75, 3.05) is 13.7 Å². The van der Waals surface area contributed by atoms with Crippen LogP contribution in [-0.2, 0) is 6.42 Å². The highest BCUT2D eigenvalue weighted by molar-refractivity contribution is 9.10. The first-order valence-electron chi connectivity index (χ1n) is 6.95. The van der Waals surface area contributed by atoms with Crippen LogP contribution in [0.1, 0.15) is 26.3 Å². The molecule has 2 N–H and O–H groups in total. The Labute approximate surface area is 142 Å². The Morgan fingerprint density at radius 2 is 1.87 bits per heavy atom. The summed E-state index contributed by atoms with van der Waals surface area (Å²) in [6.07, 6.45) is 0.613. The van der Waals surface area contributed by atoms with Crippen LogP contribution in [0.2, 0.25) is 0 Å². The van der Waals surface area contributed by atoms with Gasteiger partial charge in [0.25, 0.3) is 5.91 Å². The van der Waals surface area contributed by atoms with Crippen molar-refractivity contribution < 1.29 is 19.4 Å². The number of aromatic carboxylic acids is 1. The van der Waals surface area contributed by atoms with Crippen LogP contribution in [0.3, 0.4) is 0 Å². The molecular weight excluding hydrogens is 362 g/mol. The first-order valence-corrected chi connectivity index (χ1v) is 7.74. The van der Waals surface area contributed by atoms with E-state index < -0.39 is 5.97 Å². The number of hydrogen-bond donors (Lipinski definition) is 2. The van der Waals surface area contributed by atoms with Crippen LogP contribution < -0.4 is 10.1 Å². The van der Waals surface area contributed by atoms with Crippen molar-refractivity contribution in [1.82, 2.24) is 5.32 Å². The first-order chi connectivity index (χ1) is 11.0. The second-order valence-electron chi connectivity index (χ2n) is 4.85. The quantitative estimate of drug-likeness (QED) is 0.810. The number of halogens is 1. The van der Waals surface area contributed by atoms with Crippen LogP contribution in [0.4, 0.5) is 0 Å². The molecule has 5 nitrogen and oxygen atoms in total. The van der Waals surface area contributed by atoms with E-state index in [0.717, 1.165) is 10.0 Å². The van der Waals surface area contributed by atoms with Gasteiger partial charge in [0.1, 0.15) is 5.75 Å². The molecule has 0 bridgehead atoms. The summed E-state index contributed by atoms with van der Waals surface area (Å²) in [5, 5.41) is 11.7. The number of carboxylic acids is 1. The van der Waals surface area contributed by atoms with Crippen LogP contribution in [-0.4, -0.2) is 30.6 Å². The van der Waals surface area contributed by atoms with E-state index in [1.807, 2.05) is 0 Å². The summed E-state index contributed by atoms with van der Waals surface area (Å²) >= 11 is 3.33. The molecule has 0 aliphatic heterocycles. The van der Waals surface area contributed by atoms with Crippen molar-refractivity contribution in [1.29, 1.82) is 0 Å². The second kappa shape index (κ2) is 7.78. The van der Waals surface area contributed by atoms with Crippen molar-refractivity contribution in [3.05, 3.63) is 63.6 Å². The van der Waals surface area contributed by atoms with Gasteiger partial charge in [0.05, 0.1) is 18.2 Å². The molecule has 0 fully saturated rings. The van der Waals surface area contributed by atoms with Gasteiger partial charge in [0.2, 0.25) is 0 Å². The summed E-state index contributed by atoms with van der Waals surface area (Å²) in [5.41, 5.74) is 1.66. The fourth-order valence-corrected chi connectivity index (χ4v) is 2.45. The van der Waals surface area contributed by atoms with Crippen molar-refractivity contribution >= 4 is 27.8 Å². The Kier molecular flexibility index (Phi) is 5.76. The van der Waals surface area contributed by atoms with Crippen LogP contribution >= 0.6 is 15.9 Å². The maximum atomic E-state index is 12.2. The fourth-order valence-electron chi connectivity index (χ4n) is 2.09. The lowest BCUT2D eigenvalue weighted by Crippen LogP contribution is -2.26. The maximum Gasteiger partial charge on any atom is 0.335 e. The van der Waals surface area contributed by atoms with Crippen LogP contribution in [0.15, 0.2) is 46.9 Å². The molecule has 0 saturated heterocycles. The lowest BCUT2D eigenvalue weighted by molar-refractivity contribution is 0.0696. The van der Waals surface area contributed by atoms with Gasteiger partial charge in [-0.25, -0.2) is 4.79 Å². The van der Waals surface area contributed by atoms with Gasteiger partial charge < -0.3 is 15.2 Å². The summed E-state index contributed by atoms with van der Waals surface area (Å²) in [4.78, 5) is 23.0. The van der Waals surface area contributed by atoms with E-state index >= 15 is 0 Å². The molecule has 23 heavy (non-hydrogen) atoms. The largest absolute Gasteiger partial charge is 0.496 e. The minimum Gasteiger partial charge on any atom is -0.496 e. The van der Waals surface area contributed by atoms with Crippen LogP contribution in [0.5, 0.6) is 5.75 Å². The molecule has 0 spiro atoms. The van der Waals surface area contributed by atoms with E-state index in [1.165, 1.54) is 7.11 Å². The molecule has 0 atom stereocenters. The van der Waals surface area contributed by atoms with E-state index in [1.54, 1.807) is 42.5 Å². The molecule has 0 aliphatic carbocycles. The molecular formula is C17H16BrNO4. The molecule has 2 rings (SSSR count). The molecule has 0 aromatic heterocycles. The molecule has 6 heteroatoms. The number of carbonyl (C=O) groups excluding carboxylic acids is 1. The summed E-state index contributed by atoms with van der Waals surface area (Å²) < 4.78 is 5.98. The predicted octanol–water partition coefficient (Wildman–Crippen LogP) is 3.13. The molecule has 2 aromatic carbocycles. The number of hydrogen-bond acceptors (Lipinski definition) is 3. The highest BCUT2D eigenvalue weighted by Crippen LogP contribution is 2.22. The first kappa shape index (κ1) is 17.0. The molecule has 2 aromatic rings. The maximum absolute atomic E-state index is 12.2. The number of ether oxygens (including phenoxy) is 1. The molecule has 0 saturated carbocycles. The highest BCUT2D eigenvalue weighted by Gasteiger charge is 2.12. The zero-order valence-corrected chi connectivity index (χ0v) is 14.1. The Hall–Kier alpha value is -2.34. The monoisotopic (exact) mass is 377 g/mol. The standard InChI is InChI=1S/C17H16BrNO4/c1-23-15-7-6-13(18)10-14(15)16(20)19-9-8-11-2-4-12(5-3-11)17(21)22/h2-7,10H,8-9H2,1H3,(H,19,20)(H,21,22). The van der Waals surface area contributed by atoms with E-state index in [9.17, 15) is 9.59 Å². The van der Waals surface area contributed by atoms with Gasteiger partial charge in [-0.1, -0.05) is 28.1 Å².